The smallest absolute Gasteiger partial charge is 0.410 e. The molecule has 0 saturated heterocycles. The van der Waals surface area contributed by atoms with Crippen molar-refractivity contribution in [1.29, 1.82) is 0 Å². The summed E-state index contributed by atoms with van der Waals surface area (Å²) in [5.41, 5.74) is -1.50. The number of halogens is 3. The van der Waals surface area contributed by atoms with Crippen molar-refractivity contribution in [2.24, 2.45) is 0 Å². The molecule has 126 valence electrons. The zero-order valence-electron chi connectivity index (χ0n) is 12.5. The van der Waals surface area contributed by atoms with Gasteiger partial charge in [0.05, 0.1) is 5.56 Å². The highest BCUT2D eigenvalue weighted by atomic mass is 19.4. The van der Waals surface area contributed by atoms with Gasteiger partial charge in [-0.3, -0.25) is 10.1 Å². The van der Waals surface area contributed by atoms with Gasteiger partial charge in [-0.2, -0.15) is 13.2 Å². The van der Waals surface area contributed by atoms with E-state index in [0.717, 1.165) is 12.1 Å². The third-order valence-corrected chi connectivity index (χ3v) is 2.95. The number of hydrogen-bond donors (Lipinski definition) is 2. The van der Waals surface area contributed by atoms with Crippen LogP contribution >= 0.6 is 0 Å². The van der Waals surface area contributed by atoms with Crippen molar-refractivity contribution >= 4 is 17.7 Å². The summed E-state index contributed by atoms with van der Waals surface area (Å²) < 4.78 is 43.7. The van der Waals surface area contributed by atoms with E-state index in [1.807, 2.05) is 0 Å². The molecule has 0 aliphatic heterocycles. The highest BCUT2D eigenvalue weighted by Crippen LogP contribution is 2.32. The van der Waals surface area contributed by atoms with Crippen molar-refractivity contribution in [2.75, 3.05) is 12.4 Å². The maximum atomic E-state index is 12.9. The number of para-hydroxylation sites is 1. The lowest BCUT2D eigenvalue weighted by atomic mass is 10.1. The summed E-state index contributed by atoms with van der Waals surface area (Å²) in [4.78, 5) is 23.4. The Balaban J connectivity index is 2.25. The van der Waals surface area contributed by atoms with E-state index in [1.165, 1.54) is 19.2 Å². The molecule has 0 spiro atoms. The average molecular weight is 338 g/mol. The van der Waals surface area contributed by atoms with Crippen molar-refractivity contribution < 1.29 is 27.5 Å². The summed E-state index contributed by atoms with van der Waals surface area (Å²) in [6.45, 7) is 0. The summed E-state index contributed by atoms with van der Waals surface area (Å²) in [6.07, 6.45) is -5.63. The van der Waals surface area contributed by atoms with E-state index in [1.54, 1.807) is 18.2 Å². The van der Waals surface area contributed by atoms with Crippen LogP contribution in [0.15, 0.2) is 48.5 Å². The number of carbonyl (C=O) groups is 2. The van der Waals surface area contributed by atoms with Crippen LogP contribution in [0, 0.1) is 0 Å². The summed E-state index contributed by atoms with van der Waals surface area (Å²) in [5.74, 6) is -0.478. The largest absolute Gasteiger partial charge is 0.417 e. The number of carbonyl (C=O) groups excluding carboxylic acids is 2. The number of ether oxygens (including phenoxy) is 1. The number of hydrogen-bond acceptors (Lipinski definition) is 3. The quantitative estimate of drug-likeness (QED) is 0.897. The van der Waals surface area contributed by atoms with E-state index < -0.39 is 23.7 Å². The molecule has 0 aliphatic carbocycles. The van der Waals surface area contributed by atoms with Crippen LogP contribution < -0.4 is 15.4 Å². The monoisotopic (exact) mass is 338 g/mol. The maximum Gasteiger partial charge on any atom is 0.417 e. The minimum absolute atomic E-state index is 0.204. The van der Waals surface area contributed by atoms with Gasteiger partial charge in [-0.05, 0) is 30.3 Å². The fourth-order valence-electron chi connectivity index (χ4n) is 1.88. The number of anilines is 1. The van der Waals surface area contributed by atoms with E-state index >= 15 is 0 Å². The van der Waals surface area contributed by atoms with Crippen molar-refractivity contribution in [3.05, 3.63) is 59.7 Å². The Bertz CT molecular complexity index is 746. The van der Waals surface area contributed by atoms with Gasteiger partial charge in [-0.15, -0.1) is 0 Å². The number of alkyl halides is 3. The molecule has 0 aliphatic rings. The Hall–Kier alpha value is -3.03. The minimum Gasteiger partial charge on any atom is -0.410 e. The molecule has 2 rings (SSSR count). The highest BCUT2D eigenvalue weighted by molar-refractivity contribution is 5.96. The number of rotatable bonds is 3. The van der Waals surface area contributed by atoms with Gasteiger partial charge in [0.1, 0.15) is 5.75 Å². The van der Waals surface area contributed by atoms with Crippen LogP contribution in [0.25, 0.3) is 0 Å². The lowest BCUT2D eigenvalue weighted by Crippen LogP contribution is -2.21. The molecular formula is C16H13F3N2O3. The Labute approximate surface area is 135 Å². The fourth-order valence-corrected chi connectivity index (χ4v) is 1.88. The normalized spacial score (nSPS) is 10.8. The fraction of sp³-hybridized carbons (Fsp3) is 0.125. The first-order valence-electron chi connectivity index (χ1n) is 6.78. The summed E-state index contributed by atoms with van der Waals surface area (Å²) >= 11 is 0. The first kappa shape index (κ1) is 17.3. The van der Waals surface area contributed by atoms with Gasteiger partial charge in [0.25, 0.3) is 5.91 Å². The molecule has 0 unspecified atom stereocenters. The van der Waals surface area contributed by atoms with Crippen LogP contribution in [0.4, 0.5) is 23.7 Å². The Morgan fingerprint density at radius 3 is 2.29 bits per heavy atom. The Kier molecular flexibility index (Phi) is 5.08. The molecule has 0 radical (unpaired) electrons. The van der Waals surface area contributed by atoms with E-state index in [-0.39, 0.29) is 17.0 Å². The van der Waals surface area contributed by atoms with E-state index in [0.29, 0.717) is 6.07 Å². The predicted octanol–water partition coefficient (Wildman–Crippen LogP) is 3.68. The van der Waals surface area contributed by atoms with Gasteiger partial charge >= 0.3 is 12.3 Å². The van der Waals surface area contributed by atoms with Gasteiger partial charge in [-0.25, -0.2) is 4.79 Å². The summed E-state index contributed by atoms with van der Waals surface area (Å²) in [7, 11) is 1.29. The topological polar surface area (TPSA) is 67.4 Å². The van der Waals surface area contributed by atoms with Gasteiger partial charge in [-0.1, -0.05) is 18.2 Å². The second-order valence-electron chi connectivity index (χ2n) is 4.70. The number of amides is 2. The molecular weight excluding hydrogens is 325 g/mol. The molecule has 2 amide bonds. The highest BCUT2D eigenvalue weighted by Gasteiger charge is 2.32. The van der Waals surface area contributed by atoms with E-state index in [2.05, 4.69) is 10.6 Å². The molecule has 0 aromatic heterocycles. The SMILES string of the molecule is CNC(=O)c1cc(NC(=O)Oc2ccccc2)cc(C(F)(F)F)c1. The molecule has 5 nitrogen and oxygen atoms in total. The molecule has 2 aromatic rings. The summed E-state index contributed by atoms with van der Waals surface area (Å²) in [5, 5.41) is 4.41. The molecule has 0 saturated carbocycles. The van der Waals surface area contributed by atoms with Gasteiger partial charge < -0.3 is 10.1 Å². The lowest BCUT2D eigenvalue weighted by molar-refractivity contribution is -0.137. The molecule has 2 N–H and O–H groups in total. The second kappa shape index (κ2) is 7.03. The van der Waals surface area contributed by atoms with Crippen molar-refractivity contribution in [2.45, 2.75) is 6.18 Å². The standard InChI is InChI=1S/C16H13F3N2O3/c1-20-14(22)10-7-11(16(17,18)19)9-12(8-10)21-15(23)24-13-5-3-2-4-6-13/h2-9H,1H3,(H,20,22)(H,21,23). The van der Waals surface area contributed by atoms with Crippen molar-refractivity contribution in [3.63, 3.8) is 0 Å². The average Bonchev–Trinajstić information content (AvgIpc) is 2.53. The number of nitrogens with one attached hydrogen (secondary N) is 2. The molecule has 0 fully saturated rings. The Morgan fingerprint density at radius 2 is 1.71 bits per heavy atom. The molecule has 24 heavy (non-hydrogen) atoms. The van der Waals surface area contributed by atoms with Crippen LogP contribution in [0.3, 0.4) is 0 Å². The van der Waals surface area contributed by atoms with Crippen LogP contribution in [-0.4, -0.2) is 19.0 Å². The van der Waals surface area contributed by atoms with Crippen LogP contribution in [0.5, 0.6) is 5.75 Å². The third-order valence-electron chi connectivity index (χ3n) is 2.95. The van der Waals surface area contributed by atoms with Gasteiger partial charge in [0, 0.05) is 18.3 Å². The zero-order chi connectivity index (χ0) is 17.7. The van der Waals surface area contributed by atoms with E-state index in [9.17, 15) is 22.8 Å². The van der Waals surface area contributed by atoms with E-state index in [4.69, 9.17) is 4.74 Å². The molecule has 0 atom stereocenters. The second-order valence-corrected chi connectivity index (χ2v) is 4.70. The number of benzene rings is 2. The predicted molar refractivity (Wildman–Crippen MR) is 80.9 cm³/mol. The lowest BCUT2D eigenvalue weighted by Gasteiger charge is -2.12. The molecule has 8 heteroatoms. The maximum absolute atomic E-state index is 12.9. The van der Waals surface area contributed by atoms with Gasteiger partial charge in [0.15, 0.2) is 0 Å². The van der Waals surface area contributed by atoms with Crippen molar-refractivity contribution in [1.82, 2.24) is 5.32 Å². The molecule has 0 heterocycles. The molecule has 0 bridgehead atoms. The zero-order valence-corrected chi connectivity index (χ0v) is 12.5. The van der Waals surface area contributed by atoms with Crippen LogP contribution in [-0.2, 0) is 6.18 Å². The Morgan fingerprint density at radius 1 is 1.04 bits per heavy atom. The van der Waals surface area contributed by atoms with Gasteiger partial charge in [0.2, 0.25) is 0 Å². The van der Waals surface area contributed by atoms with Crippen LogP contribution in [0.2, 0.25) is 0 Å². The first-order chi connectivity index (χ1) is 11.3. The minimum atomic E-state index is -4.66. The van der Waals surface area contributed by atoms with Crippen molar-refractivity contribution in [3.8, 4) is 5.75 Å². The summed E-state index contributed by atoms with van der Waals surface area (Å²) in [6, 6.07) is 10.6. The first-order valence-corrected chi connectivity index (χ1v) is 6.78. The molecule has 2 aromatic carbocycles. The third kappa shape index (κ3) is 4.48. The van der Waals surface area contributed by atoms with Crippen LogP contribution in [0.1, 0.15) is 15.9 Å².